The summed E-state index contributed by atoms with van der Waals surface area (Å²) in [7, 11) is 1.61. The molecule has 8 heteroatoms. The van der Waals surface area contributed by atoms with Crippen molar-refractivity contribution in [2.75, 3.05) is 18.6 Å². The maximum atomic E-state index is 13.2. The molecule has 0 aliphatic carbocycles. The van der Waals surface area contributed by atoms with Crippen LogP contribution in [-0.2, 0) is 16.1 Å². The predicted octanol–water partition coefficient (Wildman–Crippen LogP) is 4.60. The second-order valence-electron chi connectivity index (χ2n) is 6.52. The van der Waals surface area contributed by atoms with Gasteiger partial charge in [0.1, 0.15) is 10.1 Å². The number of carbonyl (C=O) groups is 2. The number of hydrogen-bond donors (Lipinski definition) is 0. The summed E-state index contributed by atoms with van der Waals surface area (Å²) in [5.74, 6) is 0.355. The zero-order chi connectivity index (χ0) is 20.7. The molecule has 2 amide bonds. The molecule has 1 fully saturated rings. The molecule has 0 bridgehead atoms. The van der Waals surface area contributed by atoms with Crippen LogP contribution in [0.2, 0.25) is 0 Å². The summed E-state index contributed by atoms with van der Waals surface area (Å²) in [5.41, 5.74) is 2.94. The number of ether oxygens (including phenoxy) is 1. The molecule has 0 radical (unpaired) electrons. The number of hydrogen-bond acceptors (Lipinski definition) is 5. The van der Waals surface area contributed by atoms with Crippen LogP contribution in [0.15, 0.2) is 51.8 Å². The number of anilines is 1. The van der Waals surface area contributed by atoms with Gasteiger partial charge in [-0.05, 0) is 42.8 Å². The van der Waals surface area contributed by atoms with Gasteiger partial charge in [-0.3, -0.25) is 14.5 Å². The number of amides is 2. The van der Waals surface area contributed by atoms with Crippen LogP contribution in [0.25, 0.3) is 5.57 Å². The van der Waals surface area contributed by atoms with Gasteiger partial charge in [0, 0.05) is 16.6 Å². The topological polar surface area (TPSA) is 49.9 Å². The highest BCUT2D eigenvalue weighted by Crippen LogP contribution is 2.45. The fourth-order valence-electron chi connectivity index (χ4n) is 3.44. The molecular formula is C21H17BrN2O3S2. The van der Waals surface area contributed by atoms with Crippen molar-refractivity contribution in [1.29, 1.82) is 0 Å². The van der Waals surface area contributed by atoms with E-state index in [-0.39, 0.29) is 11.8 Å². The van der Waals surface area contributed by atoms with Gasteiger partial charge in [-0.15, -0.1) is 0 Å². The van der Waals surface area contributed by atoms with Crippen LogP contribution in [0.5, 0.6) is 5.75 Å². The Bertz CT molecular complexity index is 1070. The molecule has 0 spiro atoms. The van der Waals surface area contributed by atoms with Gasteiger partial charge < -0.3 is 9.64 Å². The van der Waals surface area contributed by atoms with Crippen LogP contribution < -0.4 is 9.64 Å². The molecule has 0 saturated carbocycles. The summed E-state index contributed by atoms with van der Waals surface area (Å²) in [6.45, 7) is 2.80. The first kappa shape index (κ1) is 20.1. The fraction of sp³-hybridized carbons (Fsp3) is 0.190. The van der Waals surface area contributed by atoms with Crippen molar-refractivity contribution in [3.05, 3.63) is 63.0 Å². The Hall–Kier alpha value is -2.16. The van der Waals surface area contributed by atoms with Crippen molar-refractivity contribution >= 4 is 67.3 Å². The van der Waals surface area contributed by atoms with E-state index >= 15 is 0 Å². The van der Waals surface area contributed by atoms with Gasteiger partial charge in [-0.25, -0.2) is 0 Å². The zero-order valence-corrected chi connectivity index (χ0v) is 19.0. The van der Waals surface area contributed by atoms with Crippen molar-refractivity contribution in [3.63, 3.8) is 0 Å². The number of carbonyl (C=O) groups excluding carboxylic acids is 2. The fourth-order valence-corrected chi connectivity index (χ4v) is 5.12. The average Bonchev–Trinajstić information content (AvgIpc) is 3.14. The average molecular weight is 489 g/mol. The molecule has 29 heavy (non-hydrogen) atoms. The van der Waals surface area contributed by atoms with Crippen LogP contribution in [0.3, 0.4) is 0 Å². The van der Waals surface area contributed by atoms with Gasteiger partial charge in [0.2, 0.25) is 0 Å². The number of methoxy groups -OCH3 is 1. The SMILES string of the molecule is CCN1C(=O)/C(=C2\SC(=S)N(Cc3ccc(OC)cc3)C2=O)c2cc(Br)ccc21. The molecule has 2 aliphatic rings. The largest absolute Gasteiger partial charge is 0.497 e. The molecule has 0 aromatic heterocycles. The molecule has 2 aliphatic heterocycles. The van der Waals surface area contributed by atoms with E-state index in [1.165, 1.54) is 11.8 Å². The number of likely N-dealkylation sites (N-methyl/N-ethyl adjacent to an activating group) is 1. The lowest BCUT2D eigenvalue weighted by Crippen LogP contribution is -2.29. The van der Waals surface area contributed by atoms with Crippen molar-refractivity contribution in [2.45, 2.75) is 13.5 Å². The number of halogens is 1. The van der Waals surface area contributed by atoms with E-state index in [4.69, 9.17) is 17.0 Å². The molecule has 0 unspecified atom stereocenters. The van der Waals surface area contributed by atoms with E-state index in [9.17, 15) is 9.59 Å². The number of benzene rings is 2. The summed E-state index contributed by atoms with van der Waals surface area (Å²) in [5, 5.41) is 0. The highest BCUT2D eigenvalue weighted by molar-refractivity contribution is 9.10. The summed E-state index contributed by atoms with van der Waals surface area (Å²) in [6, 6.07) is 13.2. The highest BCUT2D eigenvalue weighted by atomic mass is 79.9. The lowest BCUT2D eigenvalue weighted by molar-refractivity contribution is -0.122. The maximum absolute atomic E-state index is 13.2. The molecule has 5 nitrogen and oxygen atoms in total. The summed E-state index contributed by atoms with van der Waals surface area (Å²) >= 11 is 10.1. The Morgan fingerprint density at radius 1 is 1.07 bits per heavy atom. The molecule has 0 N–H and O–H groups in total. The van der Waals surface area contributed by atoms with E-state index < -0.39 is 0 Å². The number of thioether (sulfide) groups is 1. The lowest BCUT2D eigenvalue weighted by Gasteiger charge is -2.15. The van der Waals surface area contributed by atoms with Crippen LogP contribution in [-0.4, -0.2) is 34.7 Å². The van der Waals surface area contributed by atoms with Gasteiger partial charge >= 0.3 is 0 Å². The number of rotatable bonds is 4. The van der Waals surface area contributed by atoms with Gasteiger partial charge in [0.25, 0.3) is 11.8 Å². The smallest absolute Gasteiger partial charge is 0.267 e. The Morgan fingerprint density at radius 2 is 1.79 bits per heavy atom. The quantitative estimate of drug-likeness (QED) is 0.465. The van der Waals surface area contributed by atoms with Gasteiger partial charge in [-0.1, -0.05) is 52.0 Å². The second-order valence-corrected chi connectivity index (χ2v) is 9.08. The number of nitrogens with zero attached hydrogens (tertiary/aromatic N) is 2. The molecule has 2 aromatic carbocycles. The molecular weight excluding hydrogens is 472 g/mol. The molecule has 148 valence electrons. The summed E-state index contributed by atoms with van der Waals surface area (Å²) < 4.78 is 6.48. The van der Waals surface area contributed by atoms with E-state index in [0.717, 1.165) is 27.0 Å². The molecule has 1 saturated heterocycles. The Morgan fingerprint density at radius 3 is 2.45 bits per heavy atom. The Balaban J connectivity index is 1.71. The second kappa shape index (κ2) is 7.93. The molecule has 4 rings (SSSR count). The van der Waals surface area contributed by atoms with E-state index in [1.807, 2.05) is 49.4 Å². The van der Waals surface area contributed by atoms with Crippen molar-refractivity contribution in [1.82, 2.24) is 4.90 Å². The first-order chi connectivity index (χ1) is 13.9. The van der Waals surface area contributed by atoms with Crippen LogP contribution in [0.1, 0.15) is 18.1 Å². The van der Waals surface area contributed by atoms with Gasteiger partial charge in [0.05, 0.1) is 29.8 Å². The Kier molecular flexibility index (Phi) is 5.50. The molecule has 2 heterocycles. The van der Waals surface area contributed by atoms with E-state index in [1.54, 1.807) is 16.9 Å². The Labute approximate surface area is 186 Å². The highest BCUT2D eigenvalue weighted by Gasteiger charge is 2.41. The summed E-state index contributed by atoms with van der Waals surface area (Å²) in [6.07, 6.45) is 0. The monoisotopic (exact) mass is 488 g/mol. The first-order valence-electron chi connectivity index (χ1n) is 8.97. The third kappa shape index (κ3) is 3.49. The van der Waals surface area contributed by atoms with E-state index in [0.29, 0.717) is 27.9 Å². The maximum Gasteiger partial charge on any atom is 0.267 e. The first-order valence-corrected chi connectivity index (χ1v) is 11.0. The number of fused-ring (bicyclic) bond motifs is 1. The van der Waals surface area contributed by atoms with Crippen molar-refractivity contribution in [3.8, 4) is 5.75 Å². The van der Waals surface area contributed by atoms with Gasteiger partial charge in [0.15, 0.2) is 0 Å². The van der Waals surface area contributed by atoms with E-state index in [2.05, 4.69) is 15.9 Å². The van der Waals surface area contributed by atoms with Crippen molar-refractivity contribution < 1.29 is 14.3 Å². The van der Waals surface area contributed by atoms with Crippen LogP contribution in [0.4, 0.5) is 5.69 Å². The minimum atomic E-state index is -0.233. The lowest BCUT2D eigenvalue weighted by atomic mass is 10.1. The number of thiocarbonyl (C=S) groups is 1. The minimum Gasteiger partial charge on any atom is -0.497 e. The predicted molar refractivity (Wildman–Crippen MR) is 123 cm³/mol. The molecule has 0 atom stereocenters. The minimum absolute atomic E-state index is 0.162. The summed E-state index contributed by atoms with van der Waals surface area (Å²) in [4.78, 5) is 29.9. The normalized spacial score (nSPS) is 18.7. The van der Waals surface area contributed by atoms with Crippen LogP contribution in [0, 0.1) is 0 Å². The zero-order valence-electron chi connectivity index (χ0n) is 15.8. The van der Waals surface area contributed by atoms with Crippen molar-refractivity contribution in [2.24, 2.45) is 0 Å². The van der Waals surface area contributed by atoms with Gasteiger partial charge in [-0.2, -0.15) is 0 Å². The standard InChI is InChI=1S/C21H17BrN2O3S2/c1-3-23-16-9-6-13(22)10-15(16)17(19(23)25)18-20(26)24(21(28)29-18)11-12-4-7-14(27-2)8-5-12/h4-10H,3,11H2,1-2H3/b18-17-. The third-order valence-corrected chi connectivity index (χ3v) is 6.81. The van der Waals surface area contributed by atoms with Crippen LogP contribution >= 0.6 is 39.9 Å². The molecule has 2 aromatic rings. The third-order valence-electron chi connectivity index (χ3n) is 4.87.